The number of hydrogen-bond donors (Lipinski definition) is 1. The van der Waals surface area contributed by atoms with E-state index in [0.717, 1.165) is 67.5 Å². The van der Waals surface area contributed by atoms with Gasteiger partial charge in [-0.3, -0.25) is 14.1 Å². The molecule has 0 bridgehead atoms. The Hall–Kier alpha value is -3.55. The van der Waals surface area contributed by atoms with Gasteiger partial charge in [-0.2, -0.15) is 0 Å². The van der Waals surface area contributed by atoms with E-state index >= 15 is 0 Å². The van der Waals surface area contributed by atoms with Crippen LogP contribution in [0.15, 0.2) is 47.4 Å². The van der Waals surface area contributed by atoms with Crippen molar-refractivity contribution in [1.29, 1.82) is 0 Å². The van der Waals surface area contributed by atoms with Crippen LogP contribution in [0.5, 0.6) is 0 Å². The van der Waals surface area contributed by atoms with E-state index in [4.69, 9.17) is 0 Å². The molecule has 8 nitrogen and oxygen atoms in total. The zero-order valence-corrected chi connectivity index (χ0v) is 20.3. The molecule has 4 aromatic rings. The lowest BCUT2D eigenvalue weighted by molar-refractivity contribution is 0.566. The third-order valence-electron chi connectivity index (χ3n) is 6.35. The van der Waals surface area contributed by atoms with E-state index in [1.54, 1.807) is 6.20 Å². The van der Waals surface area contributed by atoms with E-state index in [-0.39, 0.29) is 5.69 Å². The number of rotatable bonds is 11. The largest absolute Gasteiger partial charge is 0.328 e. The lowest BCUT2D eigenvalue weighted by Gasteiger charge is -2.10. The molecule has 0 unspecified atom stereocenters. The number of aromatic amines is 1. The van der Waals surface area contributed by atoms with E-state index < -0.39 is 0 Å². The van der Waals surface area contributed by atoms with E-state index in [9.17, 15) is 4.79 Å². The van der Waals surface area contributed by atoms with E-state index in [1.165, 1.54) is 5.69 Å². The molecule has 0 fully saturated rings. The van der Waals surface area contributed by atoms with Gasteiger partial charge >= 0.3 is 5.69 Å². The average molecular weight is 460 g/mol. The van der Waals surface area contributed by atoms with Gasteiger partial charge in [0.2, 0.25) is 0 Å². The first-order valence-corrected chi connectivity index (χ1v) is 12.2. The number of tetrazole rings is 1. The van der Waals surface area contributed by atoms with Crippen LogP contribution in [0.1, 0.15) is 62.9 Å². The van der Waals surface area contributed by atoms with E-state index in [1.807, 2.05) is 21.3 Å². The van der Waals surface area contributed by atoms with Crippen molar-refractivity contribution in [3.63, 3.8) is 0 Å². The second kappa shape index (κ2) is 11.0. The molecule has 0 aliphatic heterocycles. The Labute approximate surface area is 200 Å². The summed E-state index contributed by atoms with van der Waals surface area (Å²) in [7, 11) is 0. The van der Waals surface area contributed by atoms with Crippen molar-refractivity contribution in [3.05, 3.63) is 70.0 Å². The molecule has 8 heteroatoms. The molecule has 3 aromatic heterocycles. The number of benzene rings is 1. The maximum Gasteiger partial charge on any atom is 0.328 e. The summed E-state index contributed by atoms with van der Waals surface area (Å²) in [6, 6.07) is 12.2. The Morgan fingerprint density at radius 3 is 2.47 bits per heavy atom. The van der Waals surface area contributed by atoms with Crippen molar-refractivity contribution < 1.29 is 0 Å². The summed E-state index contributed by atoms with van der Waals surface area (Å²) in [6.45, 7) is 7.85. The normalized spacial score (nSPS) is 11.3. The Morgan fingerprint density at radius 1 is 0.971 bits per heavy atom. The summed E-state index contributed by atoms with van der Waals surface area (Å²) >= 11 is 0. The predicted molar refractivity (Wildman–Crippen MR) is 134 cm³/mol. The van der Waals surface area contributed by atoms with Gasteiger partial charge in [0, 0.05) is 29.7 Å². The van der Waals surface area contributed by atoms with Crippen molar-refractivity contribution in [2.75, 3.05) is 0 Å². The van der Waals surface area contributed by atoms with Crippen LogP contribution in [0, 0.1) is 6.92 Å². The molecule has 3 heterocycles. The fourth-order valence-corrected chi connectivity index (χ4v) is 4.42. The smallest absolute Gasteiger partial charge is 0.296 e. The second-order valence-electron chi connectivity index (χ2n) is 8.71. The first kappa shape index (κ1) is 23.6. The standard InChI is InChI=1S/C26H33N7O/c1-4-6-8-17-32-19(3)23(11-7-5-2)33(26(32)34)18-20-12-14-21(15-13-20)22-10-9-16-27-24(22)25-28-30-31-29-25/h9-10,12-16H,4-8,11,17-18H2,1-3H3,(H,28,29,30,31). The number of nitrogens with zero attached hydrogens (tertiary/aromatic N) is 6. The highest BCUT2D eigenvalue weighted by Crippen LogP contribution is 2.28. The van der Waals surface area contributed by atoms with Gasteiger partial charge < -0.3 is 0 Å². The van der Waals surface area contributed by atoms with Crippen LogP contribution in [-0.2, 0) is 19.5 Å². The van der Waals surface area contributed by atoms with Crippen molar-refractivity contribution >= 4 is 0 Å². The topological polar surface area (TPSA) is 94.3 Å². The van der Waals surface area contributed by atoms with Crippen LogP contribution in [0.2, 0.25) is 0 Å². The van der Waals surface area contributed by atoms with Crippen LogP contribution in [0.4, 0.5) is 0 Å². The summed E-state index contributed by atoms with van der Waals surface area (Å²) in [5.74, 6) is 0.534. The first-order chi connectivity index (χ1) is 16.6. The maximum absolute atomic E-state index is 13.3. The molecule has 0 amide bonds. The molecule has 1 aromatic carbocycles. The molecule has 34 heavy (non-hydrogen) atoms. The molecule has 0 spiro atoms. The molecule has 0 saturated heterocycles. The molecule has 1 N–H and O–H groups in total. The Bertz CT molecular complexity index is 1250. The molecule has 0 aliphatic rings. The lowest BCUT2D eigenvalue weighted by Crippen LogP contribution is -2.26. The summed E-state index contributed by atoms with van der Waals surface area (Å²) < 4.78 is 3.95. The number of unbranched alkanes of at least 4 members (excludes halogenated alkanes) is 3. The SMILES string of the molecule is CCCCCn1c(C)c(CCCC)n(Cc2ccc(-c3cccnc3-c3nnn[nH]3)cc2)c1=O. The van der Waals surface area contributed by atoms with E-state index in [2.05, 4.69) is 70.6 Å². The lowest BCUT2D eigenvalue weighted by atomic mass is 10.0. The zero-order valence-electron chi connectivity index (χ0n) is 20.3. The van der Waals surface area contributed by atoms with Crippen LogP contribution in [0.3, 0.4) is 0 Å². The number of pyridine rings is 1. The third kappa shape index (κ3) is 5.00. The number of H-pyrrole nitrogens is 1. The van der Waals surface area contributed by atoms with Gasteiger partial charge in [-0.15, -0.1) is 5.10 Å². The second-order valence-corrected chi connectivity index (χ2v) is 8.71. The van der Waals surface area contributed by atoms with E-state index in [0.29, 0.717) is 18.1 Å². The molecule has 178 valence electrons. The van der Waals surface area contributed by atoms with Crippen LogP contribution >= 0.6 is 0 Å². The fraction of sp³-hybridized carbons (Fsp3) is 0.423. The van der Waals surface area contributed by atoms with Crippen molar-refractivity contribution in [2.24, 2.45) is 0 Å². The first-order valence-electron chi connectivity index (χ1n) is 12.2. The highest BCUT2D eigenvalue weighted by Gasteiger charge is 2.17. The van der Waals surface area contributed by atoms with Crippen molar-refractivity contribution in [3.8, 4) is 22.6 Å². The van der Waals surface area contributed by atoms with Crippen LogP contribution in [0.25, 0.3) is 22.6 Å². The van der Waals surface area contributed by atoms with Gasteiger partial charge in [0.1, 0.15) is 5.69 Å². The predicted octanol–water partition coefficient (Wildman–Crippen LogP) is 4.78. The van der Waals surface area contributed by atoms with Gasteiger partial charge in [-0.05, 0) is 53.8 Å². The molecule has 0 radical (unpaired) electrons. The minimum absolute atomic E-state index is 0.108. The highest BCUT2D eigenvalue weighted by molar-refractivity contribution is 5.77. The molecular formula is C26H33N7O. The summed E-state index contributed by atoms with van der Waals surface area (Å²) in [5, 5.41) is 14.1. The molecule has 0 aliphatic carbocycles. The number of nitrogens with one attached hydrogen (secondary N) is 1. The molecule has 0 saturated carbocycles. The number of imidazole rings is 1. The average Bonchev–Trinajstić information content (AvgIpc) is 3.47. The monoisotopic (exact) mass is 459 g/mol. The summed E-state index contributed by atoms with van der Waals surface area (Å²) in [4.78, 5) is 17.8. The number of hydrogen-bond acceptors (Lipinski definition) is 5. The van der Waals surface area contributed by atoms with Gasteiger partial charge in [0.25, 0.3) is 0 Å². The Kier molecular flexibility index (Phi) is 7.67. The summed E-state index contributed by atoms with van der Waals surface area (Å²) in [5.41, 5.74) is 6.17. The van der Waals surface area contributed by atoms with Gasteiger partial charge in [-0.1, -0.05) is 63.4 Å². The van der Waals surface area contributed by atoms with Crippen LogP contribution < -0.4 is 5.69 Å². The maximum atomic E-state index is 13.3. The molecular weight excluding hydrogens is 426 g/mol. The minimum atomic E-state index is 0.108. The van der Waals surface area contributed by atoms with Crippen molar-refractivity contribution in [2.45, 2.75) is 72.4 Å². The molecule has 0 atom stereocenters. The quantitative estimate of drug-likeness (QED) is 0.326. The van der Waals surface area contributed by atoms with Crippen LogP contribution in [-0.4, -0.2) is 34.7 Å². The third-order valence-corrected chi connectivity index (χ3v) is 6.35. The van der Waals surface area contributed by atoms with Gasteiger partial charge in [-0.25, -0.2) is 9.89 Å². The Balaban J connectivity index is 1.62. The zero-order chi connectivity index (χ0) is 23.9. The number of aromatic nitrogens is 7. The summed E-state index contributed by atoms with van der Waals surface area (Å²) in [6.07, 6.45) is 8.18. The van der Waals surface area contributed by atoms with Crippen molar-refractivity contribution in [1.82, 2.24) is 34.7 Å². The molecule has 4 rings (SSSR count). The van der Waals surface area contributed by atoms with Gasteiger partial charge in [0.15, 0.2) is 5.82 Å². The minimum Gasteiger partial charge on any atom is -0.296 e. The fourth-order valence-electron chi connectivity index (χ4n) is 4.42. The van der Waals surface area contributed by atoms with Gasteiger partial charge in [0.05, 0.1) is 6.54 Å². The Morgan fingerprint density at radius 2 is 1.76 bits per heavy atom. The highest BCUT2D eigenvalue weighted by atomic mass is 16.1.